The van der Waals surface area contributed by atoms with Crippen molar-refractivity contribution in [2.24, 2.45) is 0 Å². The summed E-state index contributed by atoms with van der Waals surface area (Å²) in [5.74, 6) is 0. The van der Waals surface area contributed by atoms with Crippen molar-refractivity contribution >= 4 is 6.71 Å². The van der Waals surface area contributed by atoms with Crippen LogP contribution in [0.2, 0.25) is 0 Å². The summed E-state index contributed by atoms with van der Waals surface area (Å²) in [6, 6.07) is 0. The second-order valence-electron chi connectivity index (χ2n) is 1.33. The highest BCUT2D eigenvalue weighted by molar-refractivity contribution is 6.58. The van der Waals surface area contributed by atoms with Crippen molar-refractivity contribution < 1.29 is 13.2 Å². The van der Waals surface area contributed by atoms with E-state index in [4.69, 9.17) is 0 Å². The van der Waals surface area contributed by atoms with Gasteiger partial charge in [0.25, 0.3) is 6.71 Å². The summed E-state index contributed by atoms with van der Waals surface area (Å²) in [6.07, 6.45) is 0. The van der Waals surface area contributed by atoms with Gasteiger partial charge in [-0.2, -0.15) is 0 Å². The lowest BCUT2D eigenvalue weighted by atomic mass is 9.54. The second kappa shape index (κ2) is 4.03. The van der Waals surface area contributed by atoms with Crippen LogP contribution in [0, 0.1) is 0 Å². The van der Waals surface area contributed by atoms with E-state index in [1.165, 1.54) is 0 Å². The summed E-state index contributed by atoms with van der Waals surface area (Å²) < 4.78 is 33.5. The highest BCUT2D eigenvalue weighted by atomic mass is 19.1. The standard InChI is InChI=1S/C3H6BF3/c5-1-4(2-6)3-7/h1-3H2. The van der Waals surface area contributed by atoms with Gasteiger partial charge >= 0.3 is 0 Å². The van der Waals surface area contributed by atoms with Crippen LogP contribution in [0.15, 0.2) is 0 Å². The topological polar surface area (TPSA) is 0 Å². The van der Waals surface area contributed by atoms with Crippen LogP contribution in [-0.4, -0.2) is 26.4 Å². The lowest BCUT2D eigenvalue weighted by molar-refractivity contribution is 0.510. The fourth-order valence-electron chi connectivity index (χ4n) is 0.124. The molecule has 0 nitrogen and oxygen atoms in total. The van der Waals surface area contributed by atoms with Crippen LogP contribution in [0.3, 0.4) is 0 Å². The summed E-state index contributed by atoms with van der Waals surface area (Å²) in [7, 11) is 0. The number of alkyl halides is 3. The minimum atomic E-state index is -1.01. The number of hydrogen-bond acceptors (Lipinski definition) is 0. The number of rotatable bonds is 3. The molecule has 7 heavy (non-hydrogen) atoms. The predicted octanol–water partition coefficient (Wildman–Crippen LogP) is 1.01. The Labute approximate surface area is 40.8 Å². The maximum Gasteiger partial charge on any atom is 0.251 e. The van der Waals surface area contributed by atoms with Crippen molar-refractivity contribution in [1.82, 2.24) is 0 Å². The highest BCUT2D eigenvalue weighted by Gasteiger charge is 2.11. The molecule has 0 aliphatic rings. The molecule has 0 fully saturated rings. The Hall–Kier alpha value is -0.145. The maximum atomic E-state index is 11.2. The third kappa shape index (κ3) is 2.54. The van der Waals surface area contributed by atoms with Gasteiger partial charge in [-0.05, 0) is 0 Å². The number of halogens is 3. The molecule has 4 heteroatoms. The monoisotopic (exact) mass is 110 g/mol. The first-order valence-corrected chi connectivity index (χ1v) is 2.03. The minimum Gasteiger partial charge on any atom is -0.260 e. The molecule has 0 aromatic rings. The summed E-state index contributed by atoms with van der Waals surface area (Å²) in [4.78, 5) is 0. The molecule has 0 bridgehead atoms. The molecule has 0 aliphatic carbocycles. The van der Waals surface area contributed by atoms with Crippen LogP contribution >= 0.6 is 0 Å². The molecule has 0 aromatic carbocycles. The molecule has 0 heterocycles. The van der Waals surface area contributed by atoms with Crippen LogP contribution in [0.25, 0.3) is 0 Å². The first kappa shape index (κ1) is 6.85. The van der Waals surface area contributed by atoms with Crippen molar-refractivity contribution in [1.29, 1.82) is 0 Å². The molecule has 0 N–H and O–H groups in total. The molecule has 0 rings (SSSR count). The molecule has 0 spiro atoms. The lowest BCUT2D eigenvalue weighted by Gasteiger charge is -1.92. The third-order valence-corrected chi connectivity index (χ3v) is 0.655. The van der Waals surface area contributed by atoms with E-state index in [-0.39, 0.29) is 0 Å². The minimum absolute atomic E-state index is 0.896. The van der Waals surface area contributed by atoms with Gasteiger partial charge in [0, 0.05) is 0 Å². The SMILES string of the molecule is FCB(CF)CF. The Morgan fingerprint density at radius 3 is 1.14 bits per heavy atom. The maximum absolute atomic E-state index is 11.2. The first-order chi connectivity index (χ1) is 3.35. The van der Waals surface area contributed by atoms with Gasteiger partial charge in [0.15, 0.2) is 0 Å². The molecule has 0 atom stereocenters. The largest absolute Gasteiger partial charge is 0.260 e. The van der Waals surface area contributed by atoms with Crippen molar-refractivity contribution in [3.8, 4) is 0 Å². The molecule has 0 amide bonds. The highest BCUT2D eigenvalue weighted by Crippen LogP contribution is 1.85. The molecule has 0 aliphatic heterocycles. The van der Waals surface area contributed by atoms with Gasteiger partial charge in [-0.15, -0.1) is 0 Å². The summed E-state index contributed by atoms with van der Waals surface area (Å²) in [5.41, 5.74) is 0. The zero-order valence-corrected chi connectivity index (χ0v) is 3.83. The van der Waals surface area contributed by atoms with Crippen LogP contribution in [0.5, 0.6) is 0 Å². The fourth-order valence-corrected chi connectivity index (χ4v) is 0.124. The zero-order valence-electron chi connectivity index (χ0n) is 3.83. The van der Waals surface area contributed by atoms with E-state index in [0.717, 1.165) is 0 Å². The fraction of sp³-hybridized carbons (Fsp3) is 1.00. The average molecular weight is 110 g/mol. The molecular weight excluding hydrogens is 104 g/mol. The van der Waals surface area contributed by atoms with Gasteiger partial charge in [0.2, 0.25) is 0 Å². The lowest BCUT2D eigenvalue weighted by Crippen LogP contribution is -2.22. The van der Waals surface area contributed by atoms with Crippen molar-refractivity contribution in [3.63, 3.8) is 0 Å². The molecule has 0 saturated carbocycles. The predicted molar refractivity (Wildman–Crippen MR) is 23.7 cm³/mol. The number of hydrogen-bond donors (Lipinski definition) is 0. The van der Waals surface area contributed by atoms with Crippen LogP contribution in [0.4, 0.5) is 13.2 Å². The summed E-state index contributed by atoms with van der Waals surface area (Å²) >= 11 is 0. The smallest absolute Gasteiger partial charge is 0.251 e. The van der Waals surface area contributed by atoms with Crippen molar-refractivity contribution in [2.45, 2.75) is 0 Å². The quantitative estimate of drug-likeness (QED) is 0.475. The van der Waals surface area contributed by atoms with E-state index >= 15 is 0 Å². The molecular formula is C3H6BF3. The van der Waals surface area contributed by atoms with Crippen molar-refractivity contribution in [3.05, 3.63) is 0 Å². The van der Waals surface area contributed by atoms with Gasteiger partial charge in [-0.3, -0.25) is 13.2 Å². The molecule has 0 radical (unpaired) electrons. The van der Waals surface area contributed by atoms with E-state index in [1.54, 1.807) is 0 Å². The Balaban J connectivity index is 2.99. The van der Waals surface area contributed by atoms with E-state index in [0.29, 0.717) is 0 Å². The van der Waals surface area contributed by atoms with E-state index in [2.05, 4.69) is 0 Å². The van der Waals surface area contributed by atoms with Gasteiger partial charge in [-0.1, -0.05) is 0 Å². The zero-order chi connectivity index (χ0) is 5.70. The van der Waals surface area contributed by atoms with E-state index in [1.807, 2.05) is 0 Å². The van der Waals surface area contributed by atoms with E-state index < -0.39 is 26.4 Å². The molecule has 0 aromatic heterocycles. The Bertz CT molecular complexity index is 31.7. The average Bonchev–Trinajstić information content (AvgIpc) is 1.72. The van der Waals surface area contributed by atoms with Gasteiger partial charge in [0.1, 0.15) is 0 Å². The molecule has 0 unspecified atom stereocenters. The van der Waals surface area contributed by atoms with Crippen molar-refractivity contribution in [2.75, 3.05) is 19.7 Å². The van der Waals surface area contributed by atoms with Crippen LogP contribution < -0.4 is 0 Å². The second-order valence-corrected chi connectivity index (χ2v) is 1.33. The Morgan fingerprint density at radius 1 is 0.857 bits per heavy atom. The van der Waals surface area contributed by atoms with Crippen LogP contribution in [0.1, 0.15) is 0 Å². The van der Waals surface area contributed by atoms with E-state index in [9.17, 15) is 13.2 Å². The van der Waals surface area contributed by atoms with Gasteiger partial charge < -0.3 is 0 Å². The van der Waals surface area contributed by atoms with Gasteiger partial charge in [-0.25, -0.2) is 0 Å². The first-order valence-electron chi connectivity index (χ1n) is 2.03. The van der Waals surface area contributed by atoms with Crippen LogP contribution in [-0.2, 0) is 0 Å². The third-order valence-electron chi connectivity index (χ3n) is 0.655. The molecule has 42 valence electrons. The normalized spacial score (nSPS) is 9.00. The summed E-state index contributed by atoms with van der Waals surface area (Å²) in [6.45, 7) is -3.70. The molecule has 0 saturated heterocycles. The Morgan fingerprint density at radius 2 is 1.14 bits per heavy atom. The van der Waals surface area contributed by atoms with Gasteiger partial charge in [0.05, 0.1) is 19.7 Å². The summed E-state index contributed by atoms with van der Waals surface area (Å²) in [5, 5.41) is 0. The Kier molecular flexibility index (Phi) is 3.94.